The predicted octanol–water partition coefficient (Wildman–Crippen LogP) is 1.50. The minimum atomic E-state index is -0.255. The van der Waals surface area contributed by atoms with Crippen LogP contribution >= 0.6 is 0 Å². The minimum absolute atomic E-state index is 0.121. The molecule has 0 aromatic carbocycles. The van der Waals surface area contributed by atoms with E-state index in [4.69, 9.17) is 10.5 Å². The van der Waals surface area contributed by atoms with Crippen molar-refractivity contribution < 1.29 is 9.53 Å². The molecule has 0 spiro atoms. The third-order valence-electron chi connectivity index (χ3n) is 3.09. The van der Waals surface area contributed by atoms with Crippen molar-refractivity contribution in [2.45, 2.75) is 45.6 Å². The monoisotopic (exact) mass is 199 g/mol. The van der Waals surface area contributed by atoms with Gasteiger partial charge in [-0.2, -0.15) is 0 Å². The Kier molecular flexibility index (Phi) is 4.08. The van der Waals surface area contributed by atoms with Crippen LogP contribution in [-0.4, -0.2) is 25.0 Å². The molecule has 0 amide bonds. The van der Waals surface area contributed by atoms with Crippen molar-refractivity contribution in [2.24, 2.45) is 11.1 Å². The highest BCUT2D eigenvalue weighted by Crippen LogP contribution is 2.37. The average molecular weight is 199 g/mol. The first-order valence-corrected chi connectivity index (χ1v) is 5.46. The highest BCUT2D eigenvalue weighted by atomic mass is 16.5. The lowest BCUT2D eigenvalue weighted by molar-refractivity contribution is -0.134. The topological polar surface area (TPSA) is 52.3 Å². The Morgan fingerprint density at radius 1 is 1.43 bits per heavy atom. The van der Waals surface area contributed by atoms with Crippen LogP contribution in [0.5, 0.6) is 0 Å². The average Bonchev–Trinajstić information content (AvgIpc) is 2.63. The molecule has 1 rings (SSSR count). The molecule has 14 heavy (non-hydrogen) atoms. The lowest BCUT2D eigenvalue weighted by atomic mass is 9.82. The molecule has 0 saturated heterocycles. The van der Waals surface area contributed by atoms with Crippen molar-refractivity contribution >= 4 is 5.78 Å². The summed E-state index contributed by atoms with van der Waals surface area (Å²) in [5.41, 5.74) is 5.44. The van der Waals surface area contributed by atoms with E-state index in [1.807, 2.05) is 13.8 Å². The maximum absolute atomic E-state index is 11.9. The van der Waals surface area contributed by atoms with Gasteiger partial charge in [-0.1, -0.05) is 12.8 Å². The largest absolute Gasteiger partial charge is 0.371 e. The van der Waals surface area contributed by atoms with Gasteiger partial charge in [0.15, 0.2) is 5.78 Å². The smallest absolute Gasteiger partial charge is 0.165 e. The first-order valence-electron chi connectivity index (χ1n) is 5.46. The summed E-state index contributed by atoms with van der Waals surface area (Å²) in [7, 11) is 0. The van der Waals surface area contributed by atoms with Gasteiger partial charge in [-0.25, -0.2) is 0 Å². The van der Waals surface area contributed by atoms with Gasteiger partial charge < -0.3 is 10.5 Å². The highest BCUT2D eigenvalue weighted by Gasteiger charge is 2.39. The summed E-state index contributed by atoms with van der Waals surface area (Å²) in [5.74, 6) is 0.200. The molecule has 3 heteroatoms. The number of ether oxygens (including phenoxy) is 1. The lowest BCUT2D eigenvalue weighted by Crippen LogP contribution is -2.38. The fourth-order valence-electron chi connectivity index (χ4n) is 2.04. The zero-order chi connectivity index (χ0) is 10.6. The lowest BCUT2D eigenvalue weighted by Gasteiger charge is -2.25. The van der Waals surface area contributed by atoms with Crippen molar-refractivity contribution in [1.29, 1.82) is 0 Å². The van der Waals surface area contributed by atoms with Gasteiger partial charge in [-0.05, 0) is 26.7 Å². The van der Waals surface area contributed by atoms with Gasteiger partial charge in [0.25, 0.3) is 0 Å². The maximum atomic E-state index is 11.9. The number of nitrogens with two attached hydrogens (primary N) is 1. The van der Waals surface area contributed by atoms with Gasteiger partial charge in [0.2, 0.25) is 0 Å². The number of hydrogen-bond acceptors (Lipinski definition) is 3. The summed E-state index contributed by atoms with van der Waals surface area (Å²) in [6.07, 6.45) is 4.28. The Labute approximate surface area is 86.0 Å². The number of carbonyl (C=O) groups excluding carboxylic acids is 1. The second-order valence-corrected chi connectivity index (χ2v) is 4.47. The van der Waals surface area contributed by atoms with Crippen LogP contribution in [0.1, 0.15) is 39.5 Å². The minimum Gasteiger partial charge on any atom is -0.371 e. The third-order valence-corrected chi connectivity index (χ3v) is 3.09. The first-order chi connectivity index (χ1) is 6.60. The fraction of sp³-hybridized carbons (Fsp3) is 0.909. The molecular formula is C11H21NO2. The van der Waals surface area contributed by atoms with E-state index in [1.165, 1.54) is 0 Å². The van der Waals surface area contributed by atoms with E-state index in [0.717, 1.165) is 25.7 Å². The standard InChI is InChI=1S/C11H21NO2/c1-9(2)14-7-10(13)11(8-12)5-3-4-6-11/h9H,3-8,12H2,1-2H3. The fourth-order valence-corrected chi connectivity index (χ4v) is 2.04. The van der Waals surface area contributed by atoms with Gasteiger partial charge in [0.05, 0.1) is 6.10 Å². The van der Waals surface area contributed by atoms with Crippen molar-refractivity contribution in [3.63, 3.8) is 0 Å². The Morgan fingerprint density at radius 3 is 2.43 bits per heavy atom. The van der Waals surface area contributed by atoms with Gasteiger partial charge >= 0.3 is 0 Å². The number of hydrogen-bond donors (Lipinski definition) is 1. The van der Waals surface area contributed by atoms with Crippen LogP contribution in [0.2, 0.25) is 0 Å². The summed E-state index contributed by atoms with van der Waals surface area (Å²) in [6, 6.07) is 0. The third kappa shape index (κ3) is 2.55. The molecule has 0 bridgehead atoms. The number of Topliss-reactive ketones (excluding diaryl/α,β-unsaturated/α-hetero) is 1. The van der Waals surface area contributed by atoms with Crippen molar-refractivity contribution in [1.82, 2.24) is 0 Å². The summed E-state index contributed by atoms with van der Waals surface area (Å²) in [6.45, 7) is 4.59. The van der Waals surface area contributed by atoms with Crippen molar-refractivity contribution in [2.75, 3.05) is 13.2 Å². The van der Waals surface area contributed by atoms with Crippen LogP contribution in [-0.2, 0) is 9.53 Å². The Morgan fingerprint density at radius 2 is 2.00 bits per heavy atom. The zero-order valence-electron chi connectivity index (χ0n) is 9.21. The summed E-state index contributed by atoms with van der Waals surface area (Å²) in [4.78, 5) is 11.9. The summed E-state index contributed by atoms with van der Waals surface area (Å²) >= 11 is 0. The predicted molar refractivity (Wildman–Crippen MR) is 56.1 cm³/mol. The van der Waals surface area contributed by atoms with E-state index >= 15 is 0 Å². The number of carbonyl (C=O) groups is 1. The van der Waals surface area contributed by atoms with E-state index in [9.17, 15) is 4.79 Å². The highest BCUT2D eigenvalue weighted by molar-refractivity contribution is 5.86. The van der Waals surface area contributed by atoms with E-state index in [1.54, 1.807) is 0 Å². The molecule has 1 fully saturated rings. The molecule has 2 N–H and O–H groups in total. The molecule has 0 atom stereocenters. The number of ketones is 1. The van der Waals surface area contributed by atoms with Crippen LogP contribution in [0, 0.1) is 5.41 Å². The van der Waals surface area contributed by atoms with Crippen LogP contribution < -0.4 is 5.73 Å². The number of rotatable bonds is 5. The quantitative estimate of drug-likeness (QED) is 0.730. The molecule has 0 heterocycles. The van der Waals surface area contributed by atoms with Crippen LogP contribution in [0.25, 0.3) is 0 Å². The van der Waals surface area contributed by atoms with Crippen LogP contribution in [0.15, 0.2) is 0 Å². The molecular weight excluding hydrogens is 178 g/mol. The summed E-state index contributed by atoms with van der Waals surface area (Å²) in [5, 5.41) is 0. The van der Waals surface area contributed by atoms with E-state index in [0.29, 0.717) is 6.54 Å². The van der Waals surface area contributed by atoms with Crippen molar-refractivity contribution in [3.8, 4) is 0 Å². The maximum Gasteiger partial charge on any atom is 0.165 e. The molecule has 0 aromatic heterocycles. The van der Waals surface area contributed by atoms with E-state index in [-0.39, 0.29) is 23.9 Å². The van der Waals surface area contributed by atoms with E-state index in [2.05, 4.69) is 0 Å². The van der Waals surface area contributed by atoms with Gasteiger partial charge in [-0.15, -0.1) is 0 Å². The molecule has 0 aromatic rings. The first kappa shape index (κ1) is 11.7. The molecule has 0 radical (unpaired) electrons. The molecule has 0 unspecified atom stereocenters. The van der Waals surface area contributed by atoms with Crippen molar-refractivity contribution in [3.05, 3.63) is 0 Å². The Balaban J connectivity index is 2.48. The molecule has 1 aliphatic carbocycles. The van der Waals surface area contributed by atoms with Crippen LogP contribution in [0.3, 0.4) is 0 Å². The van der Waals surface area contributed by atoms with Crippen LogP contribution in [0.4, 0.5) is 0 Å². The second kappa shape index (κ2) is 4.89. The molecule has 1 saturated carbocycles. The van der Waals surface area contributed by atoms with E-state index < -0.39 is 0 Å². The molecule has 0 aliphatic heterocycles. The normalized spacial score (nSPS) is 20.3. The van der Waals surface area contributed by atoms with Gasteiger partial charge in [0.1, 0.15) is 6.61 Å². The molecule has 1 aliphatic rings. The Bertz CT molecular complexity index is 195. The SMILES string of the molecule is CC(C)OCC(=O)C1(CN)CCCC1. The van der Waals surface area contributed by atoms with Gasteiger partial charge in [-0.3, -0.25) is 4.79 Å². The molecule has 3 nitrogen and oxygen atoms in total. The Hall–Kier alpha value is -0.410. The van der Waals surface area contributed by atoms with Gasteiger partial charge in [0, 0.05) is 12.0 Å². The zero-order valence-corrected chi connectivity index (χ0v) is 9.21. The molecule has 82 valence electrons. The summed E-state index contributed by atoms with van der Waals surface area (Å²) < 4.78 is 5.34. The second-order valence-electron chi connectivity index (χ2n) is 4.47.